The molecule has 0 heterocycles. The van der Waals surface area contributed by atoms with Gasteiger partial charge in [0.2, 0.25) is 0 Å². The van der Waals surface area contributed by atoms with E-state index in [0.29, 0.717) is 11.3 Å². The molecular weight excluding hydrogens is 408 g/mol. The highest BCUT2D eigenvalue weighted by molar-refractivity contribution is 5.37. The molecule has 0 nitrogen and oxygen atoms in total. The van der Waals surface area contributed by atoms with Gasteiger partial charge in [0.15, 0.2) is 0 Å². The SMILES string of the molecule is C=CC1(C)CC/C(=C\C=C2/CCCC3(C)C(C/C=C/C(C)C(C)C)CCC23)C(=C)C1.CC.CC. The first-order chi connectivity index (χ1) is 16.2. The van der Waals surface area contributed by atoms with Gasteiger partial charge in [-0.05, 0) is 97.9 Å². The van der Waals surface area contributed by atoms with Gasteiger partial charge in [0.05, 0.1) is 0 Å². The maximum absolute atomic E-state index is 4.40. The molecule has 0 aliphatic heterocycles. The van der Waals surface area contributed by atoms with Crippen LogP contribution in [-0.2, 0) is 0 Å². The van der Waals surface area contributed by atoms with Gasteiger partial charge in [0, 0.05) is 0 Å². The van der Waals surface area contributed by atoms with Crippen LogP contribution in [0.1, 0.15) is 120 Å². The van der Waals surface area contributed by atoms with Gasteiger partial charge in [0.25, 0.3) is 0 Å². The van der Waals surface area contributed by atoms with E-state index in [1.807, 2.05) is 27.7 Å². The van der Waals surface area contributed by atoms with Crippen molar-refractivity contribution < 1.29 is 0 Å². The summed E-state index contributed by atoms with van der Waals surface area (Å²) in [7, 11) is 0. The van der Waals surface area contributed by atoms with Crippen molar-refractivity contribution in [2.75, 3.05) is 0 Å². The molecule has 3 fully saturated rings. The van der Waals surface area contributed by atoms with Crippen LogP contribution in [0.3, 0.4) is 0 Å². The first kappa shape index (κ1) is 30.7. The zero-order valence-corrected chi connectivity index (χ0v) is 24.5. The molecule has 0 N–H and O–H groups in total. The van der Waals surface area contributed by atoms with Crippen LogP contribution in [0.25, 0.3) is 0 Å². The van der Waals surface area contributed by atoms with E-state index in [1.165, 1.54) is 56.1 Å². The van der Waals surface area contributed by atoms with E-state index in [0.717, 1.165) is 30.6 Å². The first-order valence-electron chi connectivity index (χ1n) is 14.6. The van der Waals surface area contributed by atoms with Crippen LogP contribution in [0.5, 0.6) is 0 Å². The highest BCUT2D eigenvalue weighted by atomic mass is 14.5. The number of rotatable bonds is 6. The van der Waals surface area contributed by atoms with Crippen molar-refractivity contribution in [1.29, 1.82) is 0 Å². The minimum absolute atomic E-state index is 0.240. The van der Waals surface area contributed by atoms with E-state index in [9.17, 15) is 0 Å². The largest absolute Gasteiger partial charge is 0.103 e. The molecule has 0 aromatic heterocycles. The lowest BCUT2D eigenvalue weighted by Gasteiger charge is -2.42. The summed E-state index contributed by atoms with van der Waals surface area (Å²) in [5.74, 6) is 3.08. The fourth-order valence-electron chi connectivity index (χ4n) is 6.28. The lowest BCUT2D eigenvalue weighted by Crippen LogP contribution is -2.33. The van der Waals surface area contributed by atoms with Gasteiger partial charge in [-0.15, -0.1) is 6.58 Å². The maximum Gasteiger partial charge on any atom is -0.0106 e. The molecule has 0 saturated heterocycles. The summed E-state index contributed by atoms with van der Waals surface area (Å²) in [6.07, 6.45) is 23.6. The van der Waals surface area contributed by atoms with E-state index >= 15 is 0 Å². The van der Waals surface area contributed by atoms with Gasteiger partial charge in [-0.3, -0.25) is 0 Å². The van der Waals surface area contributed by atoms with Crippen molar-refractivity contribution in [3.63, 3.8) is 0 Å². The van der Waals surface area contributed by atoms with Gasteiger partial charge >= 0.3 is 0 Å². The van der Waals surface area contributed by atoms with Gasteiger partial charge in [-0.25, -0.2) is 0 Å². The molecule has 0 aromatic rings. The summed E-state index contributed by atoms with van der Waals surface area (Å²) in [5, 5.41) is 0. The Labute approximate surface area is 214 Å². The topological polar surface area (TPSA) is 0 Å². The average Bonchev–Trinajstić information content (AvgIpc) is 3.17. The molecule has 194 valence electrons. The molecule has 0 aromatic carbocycles. The molecule has 0 heteroatoms. The third-order valence-electron chi connectivity index (χ3n) is 9.10. The fourth-order valence-corrected chi connectivity index (χ4v) is 6.28. The van der Waals surface area contributed by atoms with E-state index in [4.69, 9.17) is 0 Å². The van der Waals surface area contributed by atoms with E-state index < -0.39 is 0 Å². The molecule has 3 aliphatic rings. The second-order valence-electron chi connectivity index (χ2n) is 11.5. The van der Waals surface area contributed by atoms with E-state index in [1.54, 1.807) is 5.57 Å². The third-order valence-corrected chi connectivity index (χ3v) is 9.10. The lowest BCUT2D eigenvalue weighted by molar-refractivity contribution is 0.137. The molecule has 34 heavy (non-hydrogen) atoms. The van der Waals surface area contributed by atoms with Crippen LogP contribution in [0.2, 0.25) is 0 Å². The first-order valence-corrected chi connectivity index (χ1v) is 14.6. The third kappa shape index (κ3) is 7.60. The number of fused-ring (bicyclic) bond motifs is 1. The molecule has 5 unspecified atom stereocenters. The zero-order valence-electron chi connectivity index (χ0n) is 24.5. The van der Waals surface area contributed by atoms with Gasteiger partial charge in [0.1, 0.15) is 0 Å². The van der Waals surface area contributed by atoms with Crippen molar-refractivity contribution in [1.82, 2.24) is 0 Å². The normalized spacial score (nSPS) is 34.4. The molecule has 3 rings (SSSR count). The summed E-state index contributed by atoms with van der Waals surface area (Å²) in [6, 6.07) is 0. The Kier molecular flexibility index (Phi) is 12.9. The van der Waals surface area contributed by atoms with Gasteiger partial charge in [-0.2, -0.15) is 0 Å². The van der Waals surface area contributed by atoms with Crippen LogP contribution >= 0.6 is 0 Å². The quantitative estimate of drug-likeness (QED) is 0.341. The van der Waals surface area contributed by atoms with Crippen LogP contribution in [-0.4, -0.2) is 0 Å². The molecule has 0 radical (unpaired) electrons. The Hall–Kier alpha value is -1.30. The second kappa shape index (κ2) is 14.3. The van der Waals surface area contributed by atoms with Crippen LogP contribution in [0.4, 0.5) is 0 Å². The zero-order chi connectivity index (χ0) is 25.9. The van der Waals surface area contributed by atoms with E-state index in [2.05, 4.69) is 78.2 Å². The van der Waals surface area contributed by atoms with Crippen LogP contribution in [0, 0.1) is 34.5 Å². The average molecular weight is 467 g/mol. The lowest BCUT2D eigenvalue weighted by atomic mass is 9.63. The minimum atomic E-state index is 0.240. The molecule has 0 bridgehead atoms. The summed E-state index contributed by atoms with van der Waals surface area (Å²) in [4.78, 5) is 0. The van der Waals surface area contributed by atoms with Crippen molar-refractivity contribution in [3.8, 4) is 0 Å². The van der Waals surface area contributed by atoms with Gasteiger partial charge < -0.3 is 0 Å². The summed E-state index contributed by atoms with van der Waals surface area (Å²) in [5.41, 5.74) is 5.27. The predicted octanol–water partition coefficient (Wildman–Crippen LogP) is 11.3. The van der Waals surface area contributed by atoms with Gasteiger partial charge in [-0.1, -0.05) is 110 Å². The Bertz CT molecular complexity index is 729. The number of allylic oxidation sites excluding steroid dienone is 8. The maximum atomic E-state index is 4.40. The van der Waals surface area contributed by atoms with E-state index in [-0.39, 0.29) is 5.41 Å². The second-order valence-corrected chi connectivity index (χ2v) is 11.5. The summed E-state index contributed by atoms with van der Waals surface area (Å²) < 4.78 is 0. The molecule has 0 amide bonds. The Balaban J connectivity index is 0.00000137. The van der Waals surface area contributed by atoms with Crippen LogP contribution in [0.15, 0.2) is 60.3 Å². The van der Waals surface area contributed by atoms with Crippen molar-refractivity contribution in [3.05, 3.63) is 60.3 Å². The van der Waals surface area contributed by atoms with Crippen LogP contribution < -0.4 is 0 Å². The summed E-state index contributed by atoms with van der Waals surface area (Å²) in [6.45, 7) is 28.4. The standard InChI is InChI=1S/C30H46.2C2H6/c1-8-29(6)20-18-25(24(5)21-29)14-15-26-12-10-19-30(7)27(16-17-28(26)30)13-9-11-23(4)22(2)3;2*1-2/h8-9,11,14-15,22-23,27-28H,1,5,10,12-13,16-21H2,2-4,6-7H3;2*1-2H3/b11-9+,25-14+,26-15+;;. The molecule has 0 spiro atoms. The highest BCUT2D eigenvalue weighted by Crippen LogP contribution is 2.58. The minimum Gasteiger partial charge on any atom is -0.103 e. The highest BCUT2D eigenvalue weighted by Gasteiger charge is 2.48. The molecule has 3 saturated carbocycles. The predicted molar refractivity (Wildman–Crippen MR) is 156 cm³/mol. The monoisotopic (exact) mass is 466 g/mol. The molecule has 3 aliphatic carbocycles. The van der Waals surface area contributed by atoms with Crippen molar-refractivity contribution >= 4 is 0 Å². The molecule has 5 atom stereocenters. The van der Waals surface area contributed by atoms with Crippen molar-refractivity contribution in [2.24, 2.45) is 34.5 Å². The Morgan fingerprint density at radius 1 is 0.971 bits per heavy atom. The Morgan fingerprint density at radius 3 is 2.24 bits per heavy atom. The number of hydrogen-bond donors (Lipinski definition) is 0. The number of hydrogen-bond acceptors (Lipinski definition) is 0. The van der Waals surface area contributed by atoms with Crippen molar-refractivity contribution in [2.45, 2.75) is 120 Å². The smallest absolute Gasteiger partial charge is 0.0106 e. The summed E-state index contributed by atoms with van der Waals surface area (Å²) >= 11 is 0. The molecular formula is C34H58. The fraction of sp³-hybridized carbons (Fsp3) is 0.706. The Morgan fingerprint density at radius 2 is 1.65 bits per heavy atom.